The Hall–Kier alpha value is -0.470. The van der Waals surface area contributed by atoms with Gasteiger partial charge in [0.15, 0.2) is 0 Å². The van der Waals surface area contributed by atoms with Gasteiger partial charge in [-0.3, -0.25) is 0 Å². The van der Waals surface area contributed by atoms with Gasteiger partial charge in [-0.2, -0.15) is 0 Å². The lowest BCUT2D eigenvalue weighted by molar-refractivity contribution is 0.478. The standard InChI is InChI=1S/C8H12ClNO/c1-7-2-3-8(11-7)4-5-10-6-9/h2-3,10H,4-6H2,1H3. The third kappa shape index (κ3) is 2.95. The quantitative estimate of drug-likeness (QED) is 0.428. The van der Waals surface area contributed by atoms with E-state index in [9.17, 15) is 0 Å². The lowest BCUT2D eigenvalue weighted by Crippen LogP contribution is -2.14. The van der Waals surface area contributed by atoms with Crippen molar-refractivity contribution in [1.29, 1.82) is 0 Å². The van der Waals surface area contributed by atoms with E-state index in [4.69, 9.17) is 16.0 Å². The van der Waals surface area contributed by atoms with E-state index in [0.717, 1.165) is 24.5 Å². The summed E-state index contributed by atoms with van der Waals surface area (Å²) in [6, 6.07) is 4.46. The molecule has 0 amide bonds. The van der Waals surface area contributed by atoms with Gasteiger partial charge in [0.2, 0.25) is 0 Å². The number of alkyl halides is 1. The molecule has 0 fully saturated rings. The number of hydrogen-bond donors (Lipinski definition) is 1. The summed E-state index contributed by atoms with van der Waals surface area (Å²) in [4.78, 5) is 0. The normalized spacial score (nSPS) is 10.4. The number of hydrogen-bond acceptors (Lipinski definition) is 2. The van der Waals surface area contributed by atoms with Crippen LogP contribution in [0.4, 0.5) is 0 Å². The van der Waals surface area contributed by atoms with Crippen molar-refractivity contribution in [3.05, 3.63) is 23.7 Å². The summed E-state index contributed by atoms with van der Waals surface area (Å²) in [7, 11) is 0. The molecule has 11 heavy (non-hydrogen) atoms. The molecule has 0 saturated carbocycles. The van der Waals surface area contributed by atoms with Gasteiger partial charge in [0, 0.05) is 13.0 Å². The van der Waals surface area contributed by atoms with Crippen LogP contribution in [0.25, 0.3) is 0 Å². The molecular weight excluding hydrogens is 162 g/mol. The highest BCUT2D eigenvalue weighted by atomic mass is 35.5. The lowest BCUT2D eigenvalue weighted by atomic mass is 10.3. The molecule has 0 spiro atoms. The molecule has 1 heterocycles. The van der Waals surface area contributed by atoms with Gasteiger partial charge in [-0.05, 0) is 19.1 Å². The SMILES string of the molecule is Cc1ccc(CCNCCl)o1. The van der Waals surface area contributed by atoms with Crippen LogP contribution in [0, 0.1) is 6.92 Å². The van der Waals surface area contributed by atoms with Gasteiger partial charge in [-0.15, -0.1) is 11.6 Å². The topological polar surface area (TPSA) is 25.2 Å². The van der Waals surface area contributed by atoms with Crippen molar-refractivity contribution in [2.75, 3.05) is 12.5 Å². The van der Waals surface area contributed by atoms with Crippen LogP contribution in [-0.2, 0) is 6.42 Å². The molecule has 1 N–H and O–H groups in total. The summed E-state index contributed by atoms with van der Waals surface area (Å²) in [5.41, 5.74) is 0. The van der Waals surface area contributed by atoms with Crippen LogP contribution in [0.5, 0.6) is 0 Å². The van der Waals surface area contributed by atoms with Crippen LogP contribution < -0.4 is 5.32 Å². The van der Waals surface area contributed by atoms with E-state index in [-0.39, 0.29) is 0 Å². The molecule has 1 aromatic rings. The fourth-order valence-corrected chi connectivity index (χ4v) is 1.03. The predicted octanol–water partition coefficient (Wildman–Crippen LogP) is 1.92. The average Bonchev–Trinajstić information content (AvgIpc) is 2.37. The van der Waals surface area contributed by atoms with E-state index in [2.05, 4.69) is 5.32 Å². The van der Waals surface area contributed by atoms with Crippen LogP contribution in [0.1, 0.15) is 11.5 Å². The Kier molecular flexibility index (Phi) is 3.46. The summed E-state index contributed by atoms with van der Waals surface area (Å²) in [6.07, 6.45) is 0.903. The van der Waals surface area contributed by atoms with Crippen molar-refractivity contribution < 1.29 is 4.42 Å². The number of furan rings is 1. The molecule has 0 radical (unpaired) electrons. The van der Waals surface area contributed by atoms with Crippen LogP contribution in [0.15, 0.2) is 16.5 Å². The van der Waals surface area contributed by atoms with Crippen molar-refractivity contribution >= 4 is 11.6 Å². The van der Waals surface area contributed by atoms with Gasteiger partial charge in [-0.25, -0.2) is 0 Å². The van der Waals surface area contributed by atoms with E-state index < -0.39 is 0 Å². The van der Waals surface area contributed by atoms with E-state index >= 15 is 0 Å². The molecule has 0 aliphatic heterocycles. The summed E-state index contributed by atoms with van der Waals surface area (Å²) >= 11 is 5.43. The zero-order chi connectivity index (χ0) is 8.10. The fourth-order valence-electron chi connectivity index (χ4n) is 0.898. The van der Waals surface area contributed by atoms with Crippen LogP contribution in [0.2, 0.25) is 0 Å². The average molecular weight is 174 g/mol. The third-order valence-electron chi connectivity index (χ3n) is 1.44. The molecule has 1 aromatic heterocycles. The smallest absolute Gasteiger partial charge is 0.105 e. The van der Waals surface area contributed by atoms with Gasteiger partial charge >= 0.3 is 0 Å². The molecular formula is C8H12ClNO. The minimum absolute atomic E-state index is 0.500. The molecule has 0 aliphatic carbocycles. The largest absolute Gasteiger partial charge is 0.466 e. The van der Waals surface area contributed by atoms with Crippen molar-refractivity contribution in [1.82, 2.24) is 5.32 Å². The van der Waals surface area contributed by atoms with Crippen LogP contribution in [-0.4, -0.2) is 12.5 Å². The van der Waals surface area contributed by atoms with Gasteiger partial charge in [0.05, 0.1) is 6.00 Å². The first-order valence-electron chi connectivity index (χ1n) is 3.65. The van der Waals surface area contributed by atoms with Crippen molar-refractivity contribution in [3.8, 4) is 0 Å². The van der Waals surface area contributed by atoms with Gasteiger partial charge in [0.1, 0.15) is 11.5 Å². The van der Waals surface area contributed by atoms with Crippen molar-refractivity contribution in [3.63, 3.8) is 0 Å². The predicted molar refractivity (Wildman–Crippen MR) is 45.9 cm³/mol. The molecule has 1 rings (SSSR count). The maximum atomic E-state index is 5.43. The van der Waals surface area contributed by atoms with Crippen LogP contribution >= 0.6 is 11.6 Å². The Morgan fingerprint density at radius 3 is 2.91 bits per heavy atom. The Balaban J connectivity index is 2.27. The second-order valence-corrected chi connectivity index (χ2v) is 2.66. The lowest BCUT2D eigenvalue weighted by Gasteiger charge is -1.96. The maximum Gasteiger partial charge on any atom is 0.105 e. The van der Waals surface area contributed by atoms with E-state index in [1.807, 2.05) is 19.1 Å². The minimum atomic E-state index is 0.500. The zero-order valence-electron chi connectivity index (χ0n) is 6.56. The summed E-state index contributed by atoms with van der Waals surface area (Å²) in [6.45, 7) is 2.81. The highest BCUT2D eigenvalue weighted by molar-refractivity contribution is 6.17. The van der Waals surface area contributed by atoms with E-state index in [0.29, 0.717) is 6.00 Å². The second-order valence-electron chi connectivity index (χ2n) is 2.40. The molecule has 2 nitrogen and oxygen atoms in total. The van der Waals surface area contributed by atoms with Gasteiger partial charge in [0.25, 0.3) is 0 Å². The molecule has 0 saturated heterocycles. The Morgan fingerprint density at radius 2 is 2.36 bits per heavy atom. The highest BCUT2D eigenvalue weighted by Gasteiger charge is 1.96. The molecule has 0 aliphatic rings. The second kappa shape index (κ2) is 4.42. The van der Waals surface area contributed by atoms with Crippen molar-refractivity contribution in [2.24, 2.45) is 0 Å². The first kappa shape index (κ1) is 8.62. The Morgan fingerprint density at radius 1 is 1.55 bits per heavy atom. The Bertz CT molecular complexity index is 210. The molecule has 0 bridgehead atoms. The van der Waals surface area contributed by atoms with Crippen molar-refractivity contribution in [2.45, 2.75) is 13.3 Å². The summed E-state index contributed by atoms with van der Waals surface area (Å²) in [5.74, 6) is 1.98. The first-order valence-corrected chi connectivity index (χ1v) is 4.18. The number of halogens is 1. The number of rotatable bonds is 4. The maximum absolute atomic E-state index is 5.43. The third-order valence-corrected chi connectivity index (χ3v) is 1.63. The molecule has 3 heteroatoms. The molecule has 62 valence electrons. The number of aryl methyl sites for hydroxylation is 1. The highest BCUT2D eigenvalue weighted by Crippen LogP contribution is 2.05. The zero-order valence-corrected chi connectivity index (χ0v) is 7.32. The molecule has 0 aromatic carbocycles. The van der Waals surface area contributed by atoms with E-state index in [1.165, 1.54) is 0 Å². The first-order chi connectivity index (χ1) is 5.33. The van der Waals surface area contributed by atoms with Gasteiger partial charge in [-0.1, -0.05) is 0 Å². The number of nitrogens with one attached hydrogen (secondary N) is 1. The molecule has 0 unspecified atom stereocenters. The summed E-state index contributed by atoms with van der Waals surface area (Å²) in [5, 5.41) is 3.01. The minimum Gasteiger partial charge on any atom is -0.466 e. The monoisotopic (exact) mass is 173 g/mol. The van der Waals surface area contributed by atoms with E-state index in [1.54, 1.807) is 0 Å². The fraction of sp³-hybridized carbons (Fsp3) is 0.500. The van der Waals surface area contributed by atoms with Gasteiger partial charge < -0.3 is 9.73 Å². The summed E-state index contributed by atoms with van der Waals surface area (Å²) < 4.78 is 5.35. The Labute approximate surface area is 71.5 Å². The van der Waals surface area contributed by atoms with Crippen LogP contribution in [0.3, 0.4) is 0 Å². The molecule has 0 atom stereocenters.